The summed E-state index contributed by atoms with van der Waals surface area (Å²) in [7, 11) is 0. The molecule has 3 atom stereocenters. The lowest BCUT2D eigenvalue weighted by Crippen LogP contribution is -2.34. The number of halogens is 1. The number of nitrogens with zero attached hydrogens (tertiary/aromatic N) is 1. The number of hydrogen-bond acceptors (Lipinski definition) is 3. The molecule has 2 fully saturated rings. The van der Waals surface area contributed by atoms with Crippen LogP contribution in [0.2, 0.25) is 0 Å². The number of aliphatic hydroxyl groups excluding tert-OH is 1. The van der Waals surface area contributed by atoms with Crippen LogP contribution in [0.15, 0.2) is 24.3 Å². The van der Waals surface area contributed by atoms with Crippen LogP contribution in [0.1, 0.15) is 12.8 Å². The van der Waals surface area contributed by atoms with Gasteiger partial charge >= 0.3 is 0 Å². The fourth-order valence-corrected chi connectivity index (χ4v) is 3.21. The van der Waals surface area contributed by atoms with Crippen LogP contribution < -0.4 is 4.74 Å². The van der Waals surface area contributed by atoms with Crippen molar-refractivity contribution in [2.45, 2.75) is 18.9 Å². The number of benzene rings is 1. The van der Waals surface area contributed by atoms with Gasteiger partial charge in [-0.05, 0) is 43.0 Å². The molecule has 20 heavy (non-hydrogen) atoms. The molecule has 1 saturated heterocycles. The highest BCUT2D eigenvalue weighted by atomic mass is 19.1. The van der Waals surface area contributed by atoms with Crippen molar-refractivity contribution in [2.24, 2.45) is 11.8 Å². The highest BCUT2D eigenvalue weighted by Crippen LogP contribution is 2.38. The zero-order valence-corrected chi connectivity index (χ0v) is 11.2. The molecule has 1 aromatic rings. The van der Waals surface area contributed by atoms with Gasteiger partial charge in [-0.1, -0.05) is 0 Å². The van der Waals surface area contributed by atoms with Crippen LogP contribution in [-0.4, -0.2) is 41.7 Å². The lowest BCUT2D eigenvalue weighted by molar-refractivity contribution is -0.132. The third-order valence-corrected chi connectivity index (χ3v) is 4.35. The Morgan fingerprint density at radius 1 is 1.30 bits per heavy atom. The Hall–Kier alpha value is -1.62. The van der Waals surface area contributed by atoms with Crippen LogP contribution in [0.5, 0.6) is 5.75 Å². The minimum Gasteiger partial charge on any atom is -0.484 e. The van der Waals surface area contributed by atoms with E-state index in [4.69, 9.17) is 4.74 Å². The van der Waals surface area contributed by atoms with E-state index in [-0.39, 0.29) is 30.4 Å². The number of carbonyl (C=O) groups excluding carboxylic acids is 1. The number of carbonyl (C=O) groups is 1. The molecule has 0 spiro atoms. The number of amides is 1. The molecule has 0 aromatic heterocycles. The molecule has 3 unspecified atom stereocenters. The monoisotopic (exact) mass is 279 g/mol. The third-order valence-electron chi connectivity index (χ3n) is 4.35. The maximum atomic E-state index is 12.7. The summed E-state index contributed by atoms with van der Waals surface area (Å²) in [5, 5.41) is 9.83. The predicted molar refractivity (Wildman–Crippen MR) is 70.7 cm³/mol. The van der Waals surface area contributed by atoms with Gasteiger partial charge in [-0.3, -0.25) is 4.79 Å². The fraction of sp³-hybridized carbons (Fsp3) is 0.533. The minimum absolute atomic E-state index is 0.0405. The van der Waals surface area contributed by atoms with Crippen LogP contribution in [0.3, 0.4) is 0 Å². The SMILES string of the molecule is O=C(COc1ccc(F)cc1)N1CC2CCC(O)C2C1. The molecule has 108 valence electrons. The normalized spacial score (nSPS) is 28.5. The maximum absolute atomic E-state index is 12.7. The summed E-state index contributed by atoms with van der Waals surface area (Å²) in [5.41, 5.74) is 0. The summed E-state index contributed by atoms with van der Waals surface area (Å²) in [6, 6.07) is 5.61. The van der Waals surface area contributed by atoms with Gasteiger partial charge in [0.25, 0.3) is 5.91 Å². The summed E-state index contributed by atoms with van der Waals surface area (Å²) < 4.78 is 18.1. The first-order chi connectivity index (χ1) is 9.63. The fourth-order valence-electron chi connectivity index (χ4n) is 3.21. The van der Waals surface area contributed by atoms with Gasteiger partial charge in [-0.15, -0.1) is 0 Å². The zero-order valence-electron chi connectivity index (χ0n) is 11.2. The van der Waals surface area contributed by atoms with Crippen LogP contribution in [0, 0.1) is 17.7 Å². The summed E-state index contributed by atoms with van der Waals surface area (Å²) in [6.07, 6.45) is 1.58. The maximum Gasteiger partial charge on any atom is 0.260 e. The molecule has 3 rings (SSSR count). The van der Waals surface area contributed by atoms with E-state index in [9.17, 15) is 14.3 Å². The Balaban J connectivity index is 1.52. The van der Waals surface area contributed by atoms with E-state index >= 15 is 0 Å². The second-order valence-electron chi connectivity index (χ2n) is 5.61. The Morgan fingerprint density at radius 2 is 2.05 bits per heavy atom. The first-order valence-corrected chi connectivity index (χ1v) is 6.97. The first-order valence-electron chi connectivity index (χ1n) is 6.97. The van der Waals surface area contributed by atoms with Crippen molar-refractivity contribution >= 4 is 5.91 Å². The standard InChI is InChI=1S/C15H18FNO3/c16-11-2-4-12(5-3-11)20-9-15(19)17-7-10-1-6-14(18)13(10)8-17/h2-5,10,13-14,18H,1,6-9H2. The van der Waals surface area contributed by atoms with Gasteiger partial charge in [-0.25, -0.2) is 4.39 Å². The quantitative estimate of drug-likeness (QED) is 0.910. The lowest BCUT2D eigenvalue weighted by Gasteiger charge is -2.18. The van der Waals surface area contributed by atoms with Crippen molar-refractivity contribution in [1.82, 2.24) is 4.90 Å². The Kier molecular flexibility index (Phi) is 3.61. The highest BCUT2D eigenvalue weighted by molar-refractivity contribution is 5.78. The van der Waals surface area contributed by atoms with Gasteiger partial charge in [0.05, 0.1) is 6.10 Å². The molecule has 4 nitrogen and oxygen atoms in total. The highest BCUT2D eigenvalue weighted by Gasteiger charge is 2.43. The van der Waals surface area contributed by atoms with Crippen molar-refractivity contribution in [2.75, 3.05) is 19.7 Å². The molecule has 1 aliphatic carbocycles. The number of fused-ring (bicyclic) bond motifs is 1. The Bertz CT molecular complexity index is 490. The Morgan fingerprint density at radius 3 is 2.75 bits per heavy atom. The molecule has 1 saturated carbocycles. The van der Waals surface area contributed by atoms with Gasteiger partial charge in [0.1, 0.15) is 11.6 Å². The van der Waals surface area contributed by atoms with Gasteiger partial charge in [0, 0.05) is 19.0 Å². The smallest absolute Gasteiger partial charge is 0.260 e. The van der Waals surface area contributed by atoms with Crippen LogP contribution >= 0.6 is 0 Å². The summed E-state index contributed by atoms with van der Waals surface area (Å²) >= 11 is 0. The minimum atomic E-state index is -0.329. The van der Waals surface area contributed by atoms with Crippen LogP contribution in [-0.2, 0) is 4.79 Å². The topological polar surface area (TPSA) is 49.8 Å². The zero-order chi connectivity index (χ0) is 14.1. The van der Waals surface area contributed by atoms with Crippen LogP contribution in [0.25, 0.3) is 0 Å². The summed E-state index contributed by atoms with van der Waals surface area (Å²) in [4.78, 5) is 13.8. The van der Waals surface area contributed by atoms with Gasteiger partial charge in [0.15, 0.2) is 6.61 Å². The number of rotatable bonds is 3. The van der Waals surface area contributed by atoms with Crippen molar-refractivity contribution in [1.29, 1.82) is 0 Å². The van der Waals surface area contributed by atoms with E-state index in [1.165, 1.54) is 24.3 Å². The molecular formula is C15H18FNO3. The van der Waals surface area contributed by atoms with Crippen molar-refractivity contribution in [3.8, 4) is 5.75 Å². The average molecular weight is 279 g/mol. The number of aliphatic hydroxyl groups is 1. The molecule has 1 heterocycles. The largest absolute Gasteiger partial charge is 0.484 e. The lowest BCUT2D eigenvalue weighted by atomic mass is 10.00. The number of ether oxygens (including phenoxy) is 1. The van der Waals surface area contributed by atoms with Crippen molar-refractivity contribution in [3.63, 3.8) is 0 Å². The van der Waals surface area contributed by atoms with E-state index in [2.05, 4.69) is 0 Å². The molecule has 1 aliphatic heterocycles. The predicted octanol–water partition coefficient (Wildman–Crippen LogP) is 1.43. The van der Waals surface area contributed by atoms with E-state index in [0.29, 0.717) is 24.8 Å². The molecule has 1 N–H and O–H groups in total. The molecule has 0 bridgehead atoms. The van der Waals surface area contributed by atoms with Gasteiger partial charge in [-0.2, -0.15) is 0 Å². The first kappa shape index (κ1) is 13.4. The average Bonchev–Trinajstić information content (AvgIpc) is 3.01. The molecule has 1 aromatic carbocycles. The van der Waals surface area contributed by atoms with Gasteiger partial charge in [0.2, 0.25) is 0 Å². The molecule has 5 heteroatoms. The number of likely N-dealkylation sites (tertiary alicyclic amines) is 1. The summed E-state index contributed by atoms with van der Waals surface area (Å²) in [6.45, 7) is 1.30. The van der Waals surface area contributed by atoms with E-state index < -0.39 is 0 Å². The second kappa shape index (κ2) is 5.40. The summed E-state index contributed by atoms with van der Waals surface area (Å²) in [5.74, 6) is 0.740. The van der Waals surface area contributed by atoms with Crippen molar-refractivity contribution < 1.29 is 19.0 Å². The molecular weight excluding hydrogens is 261 g/mol. The third kappa shape index (κ3) is 2.63. The van der Waals surface area contributed by atoms with E-state index in [1.807, 2.05) is 0 Å². The van der Waals surface area contributed by atoms with Crippen molar-refractivity contribution in [3.05, 3.63) is 30.1 Å². The van der Waals surface area contributed by atoms with E-state index in [1.54, 1.807) is 4.90 Å². The number of hydrogen-bond donors (Lipinski definition) is 1. The van der Waals surface area contributed by atoms with Crippen LogP contribution in [0.4, 0.5) is 4.39 Å². The van der Waals surface area contributed by atoms with Gasteiger partial charge < -0.3 is 14.7 Å². The van der Waals surface area contributed by atoms with E-state index in [0.717, 1.165) is 12.8 Å². The molecule has 1 amide bonds. The molecule has 2 aliphatic rings. The second-order valence-corrected chi connectivity index (χ2v) is 5.61. The Labute approximate surface area is 117 Å². The molecule has 0 radical (unpaired) electrons.